The molecule has 0 atom stereocenters. The molecule has 1 aromatic heterocycles. The van der Waals surface area contributed by atoms with Gasteiger partial charge in [-0.3, -0.25) is 0 Å². The van der Waals surface area contributed by atoms with Crippen molar-refractivity contribution in [2.24, 2.45) is 0 Å². The molecule has 0 unspecified atom stereocenters. The van der Waals surface area contributed by atoms with Crippen LogP contribution in [0.15, 0.2) is 41.0 Å². The summed E-state index contributed by atoms with van der Waals surface area (Å²) in [6, 6.07) is 12.4. The summed E-state index contributed by atoms with van der Waals surface area (Å²) in [6.07, 6.45) is 1.96. The minimum absolute atomic E-state index is 0.902. The van der Waals surface area contributed by atoms with Crippen molar-refractivity contribution in [1.29, 1.82) is 0 Å². The SMILES string of the molecule is CNc1cccc(C)c1CCc1cccc(Br)n1. The van der Waals surface area contributed by atoms with Crippen molar-refractivity contribution < 1.29 is 0 Å². The van der Waals surface area contributed by atoms with Gasteiger partial charge in [0.05, 0.1) is 0 Å². The van der Waals surface area contributed by atoms with Gasteiger partial charge in [0.1, 0.15) is 4.60 Å². The van der Waals surface area contributed by atoms with E-state index in [0.717, 1.165) is 23.1 Å². The van der Waals surface area contributed by atoms with Gasteiger partial charge in [-0.15, -0.1) is 0 Å². The second-order valence-corrected chi connectivity index (χ2v) is 5.12. The summed E-state index contributed by atoms with van der Waals surface area (Å²) < 4.78 is 0.902. The molecule has 0 saturated carbocycles. The number of halogens is 1. The largest absolute Gasteiger partial charge is 0.388 e. The maximum Gasteiger partial charge on any atom is 0.106 e. The standard InChI is InChI=1S/C15H17BrN2/c1-11-5-3-7-14(17-2)13(11)10-9-12-6-4-8-15(16)18-12/h3-8,17H,9-10H2,1-2H3. The van der Waals surface area contributed by atoms with Crippen molar-refractivity contribution in [2.45, 2.75) is 19.8 Å². The van der Waals surface area contributed by atoms with Crippen LogP contribution in [0.25, 0.3) is 0 Å². The Bertz CT molecular complexity index is 538. The lowest BCUT2D eigenvalue weighted by molar-refractivity contribution is 0.902. The molecule has 2 nitrogen and oxygen atoms in total. The summed E-state index contributed by atoms with van der Waals surface area (Å²) in [5, 5.41) is 3.25. The fraction of sp³-hybridized carbons (Fsp3) is 0.267. The third kappa shape index (κ3) is 3.10. The van der Waals surface area contributed by atoms with Gasteiger partial charge in [0.25, 0.3) is 0 Å². The van der Waals surface area contributed by atoms with Crippen molar-refractivity contribution in [1.82, 2.24) is 4.98 Å². The summed E-state index contributed by atoms with van der Waals surface area (Å²) in [7, 11) is 1.97. The lowest BCUT2D eigenvalue weighted by atomic mass is 10.0. The van der Waals surface area contributed by atoms with E-state index in [1.807, 2.05) is 19.2 Å². The Morgan fingerprint density at radius 1 is 1.11 bits per heavy atom. The Morgan fingerprint density at radius 2 is 1.89 bits per heavy atom. The molecule has 0 aliphatic heterocycles. The molecule has 0 radical (unpaired) electrons. The molecule has 94 valence electrons. The Balaban J connectivity index is 2.15. The molecule has 1 aromatic carbocycles. The van der Waals surface area contributed by atoms with Crippen LogP contribution in [0.2, 0.25) is 0 Å². The van der Waals surface area contributed by atoms with Crippen LogP contribution in [0.4, 0.5) is 5.69 Å². The molecule has 0 aliphatic carbocycles. The average Bonchev–Trinajstić information content (AvgIpc) is 2.37. The molecular formula is C15H17BrN2. The number of nitrogens with one attached hydrogen (secondary N) is 1. The van der Waals surface area contributed by atoms with Gasteiger partial charge in [-0.1, -0.05) is 18.2 Å². The Kier molecular flexibility index (Phi) is 4.37. The second-order valence-electron chi connectivity index (χ2n) is 4.30. The monoisotopic (exact) mass is 304 g/mol. The molecule has 0 spiro atoms. The predicted octanol–water partition coefficient (Wildman–Crippen LogP) is 3.98. The van der Waals surface area contributed by atoms with Crippen LogP contribution in [-0.2, 0) is 12.8 Å². The molecule has 3 heteroatoms. The van der Waals surface area contributed by atoms with Crippen molar-refractivity contribution in [2.75, 3.05) is 12.4 Å². The van der Waals surface area contributed by atoms with Crippen molar-refractivity contribution >= 4 is 21.6 Å². The minimum Gasteiger partial charge on any atom is -0.388 e. The van der Waals surface area contributed by atoms with Gasteiger partial charge < -0.3 is 5.32 Å². The van der Waals surface area contributed by atoms with E-state index in [9.17, 15) is 0 Å². The zero-order valence-electron chi connectivity index (χ0n) is 10.7. The zero-order chi connectivity index (χ0) is 13.0. The van der Waals surface area contributed by atoms with Gasteiger partial charge in [-0.05, 0) is 65.0 Å². The highest BCUT2D eigenvalue weighted by Gasteiger charge is 2.05. The van der Waals surface area contributed by atoms with Gasteiger partial charge >= 0.3 is 0 Å². The first-order valence-corrected chi connectivity index (χ1v) is 6.87. The van der Waals surface area contributed by atoms with Gasteiger partial charge in [0, 0.05) is 18.4 Å². The lowest BCUT2D eigenvalue weighted by Crippen LogP contribution is -2.01. The summed E-state index contributed by atoms with van der Waals surface area (Å²) in [5.41, 5.74) is 5.04. The lowest BCUT2D eigenvalue weighted by Gasteiger charge is -2.12. The van der Waals surface area contributed by atoms with E-state index in [4.69, 9.17) is 0 Å². The molecule has 2 rings (SSSR count). The highest BCUT2D eigenvalue weighted by Crippen LogP contribution is 2.21. The van der Waals surface area contributed by atoms with E-state index in [1.165, 1.54) is 16.8 Å². The molecule has 18 heavy (non-hydrogen) atoms. The number of anilines is 1. The highest BCUT2D eigenvalue weighted by molar-refractivity contribution is 9.10. The molecule has 2 aromatic rings. The minimum atomic E-state index is 0.902. The quantitative estimate of drug-likeness (QED) is 0.864. The Hall–Kier alpha value is -1.35. The van der Waals surface area contributed by atoms with E-state index in [2.05, 4.69) is 57.4 Å². The fourth-order valence-corrected chi connectivity index (χ4v) is 2.49. The molecule has 0 amide bonds. The third-order valence-electron chi connectivity index (χ3n) is 3.08. The molecule has 0 bridgehead atoms. The Labute approximate surface area is 117 Å². The first kappa shape index (κ1) is 13.1. The second kappa shape index (κ2) is 6.01. The number of benzene rings is 1. The van der Waals surface area contributed by atoms with Crippen LogP contribution in [-0.4, -0.2) is 12.0 Å². The van der Waals surface area contributed by atoms with E-state index in [-0.39, 0.29) is 0 Å². The molecular weight excluding hydrogens is 288 g/mol. The number of hydrogen-bond donors (Lipinski definition) is 1. The van der Waals surface area contributed by atoms with Crippen molar-refractivity contribution in [3.05, 3.63) is 57.8 Å². The first-order valence-electron chi connectivity index (χ1n) is 6.08. The third-order valence-corrected chi connectivity index (χ3v) is 3.53. The molecule has 1 N–H and O–H groups in total. The molecule has 0 fully saturated rings. The van der Waals surface area contributed by atoms with Crippen LogP contribution in [0.1, 0.15) is 16.8 Å². The molecule has 1 heterocycles. The zero-order valence-corrected chi connectivity index (χ0v) is 12.3. The number of rotatable bonds is 4. The predicted molar refractivity (Wildman–Crippen MR) is 80.1 cm³/mol. The fourth-order valence-electron chi connectivity index (χ4n) is 2.11. The van der Waals surface area contributed by atoms with Gasteiger partial charge in [0.2, 0.25) is 0 Å². The highest BCUT2D eigenvalue weighted by atomic mass is 79.9. The smallest absolute Gasteiger partial charge is 0.106 e. The van der Waals surface area contributed by atoms with E-state index >= 15 is 0 Å². The van der Waals surface area contributed by atoms with Crippen LogP contribution < -0.4 is 5.32 Å². The average molecular weight is 305 g/mol. The van der Waals surface area contributed by atoms with E-state index in [1.54, 1.807) is 0 Å². The van der Waals surface area contributed by atoms with Gasteiger partial charge in [-0.25, -0.2) is 4.98 Å². The first-order chi connectivity index (χ1) is 8.70. The van der Waals surface area contributed by atoms with Crippen LogP contribution in [0.5, 0.6) is 0 Å². The van der Waals surface area contributed by atoms with E-state index < -0.39 is 0 Å². The summed E-state index contributed by atoms with van der Waals surface area (Å²) in [4.78, 5) is 4.47. The van der Waals surface area contributed by atoms with Gasteiger partial charge in [-0.2, -0.15) is 0 Å². The summed E-state index contributed by atoms with van der Waals surface area (Å²) >= 11 is 3.41. The summed E-state index contributed by atoms with van der Waals surface area (Å²) in [6.45, 7) is 2.16. The normalized spacial score (nSPS) is 10.4. The van der Waals surface area contributed by atoms with Crippen LogP contribution in [0, 0.1) is 6.92 Å². The molecule has 0 aliphatic rings. The van der Waals surface area contributed by atoms with Crippen molar-refractivity contribution in [3.8, 4) is 0 Å². The van der Waals surface area contributed by atoms with Crippen molar-refractivity contribution in [3.63, 3.8) is 0 Å². The number of hydrogen-bond acceptors (Lipinski definition) is 2. The maximum atomic E-state index is 4.47. The summed E-state index contributed by atoms with van der Waals surface area (Å²) in [5.74, 6) is 0. The number of aryl methyl sites for hydroxylation is 2. The van der Waals surface area contributed by atoms with Gasteiger partial charge in [0.15, 0.2) is 0 Å². The van der Waals surface area contributed by atoms with E-state index in [0.29, 0.717) is 0 Å². The Morgan fingerprint density at radius 3 is 2.61 bits per heavy atom. The molecule has 0 saturated heterocycles. The number of aromatic nitrogens is 1. The number of pyridine rings is 1. The van der Waals surface area contributed by atoms with Crippen LogP contribution >= 0.6 is 15.9 Å². The maximum absolute atomic E-state index is 4.47. The van der Waals surface area contributed by atoms with Crippen LogP contribution in [0.3, 0.4) is 0 Å². The topological polar surface area (TPSA) is 24.9 Å². The number of nitrogens with zero attached hydrogens (tertiary/aromatic N) is 1.